The fourth-order valence-electron chi connectivity index (χ4n) is 4.72. The molecule has 37 heavy (non-hydrogen) atoms. The molecule has 1 heterocycles. The molecule has 0 bridgehead atoms. The van der Waals surface area contributed by atoms with Crippen LogP contribution in [0.5, 0.6) is 0 Å². The Morgan fingerprint density at radius 1 is 0.973 bits per heavy atom. The van der Waals surface area contributed by atoms with Crippen molar-refractivity contribution in [2.45, 2.75) is 78.9 Å². The van der Waals surface area contributed by atoms with Crippen molar-refractivity contribution < 1.29 is 19.5 Å². The molecule has 8 nitrogen and oxygen atoms in total. The average molecular weight is 513 g/mol. The molecule has 0 aliphatic carbocycles. The van der Waals surface area contributed by atoms with Crippen LogP contribution in [0, 0.1) is 11.3 Å². The van der Waals surface area contributed by atoms with Crippen molar-refractivity contribution in [3.8, 4) is 0 Å². The van der Waals surface area contributed by atoms with Gasteiger partial charge in [0.05, 0.1) is 12.1 Å². The van der Waals surface area contributed by atoms with Crippen molar-refractivity contribution in [2.24, 2.45) is 18.4 Å². The van der Waals surface area contributed by atoms with Gasteiger partial charge in [-0.3, -0.25) is 9.59 Å². The number of aromatic nitrogens is 1. The quantitative estimate of drug-likeness (QED) is 0.362. The Morgan fingerprint density at radius 3 is 2.05 bits per heavy atom. The number of nitrogens with zero attached hydrogens (tertiary/aromatic N) is 1. The maximum atomic E-state index is 13.7. The number of hydrogen-bond donors (Lipinski definition) is 4. The maximum absolute atomic E-state index is 13.7. The number of rotatable bonds is 10. The number of carbonyl (C=O) groups is 3. The third-order valence-corrected chi connectivity index (χ3v) is 7.07. The minimum Gasteiger partial charge on any atom is -0.478 e. The average Bonchev–Trinajstić information content (AvgIpc) is 3.13. The van der Waals surface area contributed by atoms with E-state index in [0.717, 1.165) is 16.5 Å². The molecule has 0 saturated carbocycles. The van der Waals surface area contributed by atoms with E-state index in [1.807, 2.05) is 67.6 Å². The first-order valence-electron chi connectivity index (χ1n) is 12.8. The van der Waals surface area contributed by atoms with Crippen molar-refractivity contribution in [2.75, 3.05) is 7.05 Å². The van der Waals surface area contributed by atoms with Gasteiger partial charge in [0.2, 0.25) is 11.8 Å². The summed E-state index contributed by atoms with van der Waals surface area (Å²) in [5.41, 5.74) is 1.08. The van der Waals surface area contributed by atoms with E-state index in [0.29, 0.717) is 0 Å². The Kier molecular flexibility index (Phi) is 9.36. The van der Waals surface area contributed by atoms with E-state index in [2.05, 4.69) is 38.8 Å². The van der Waals surface area contributed by atoms with Crippen LogP contribution in [0.2, 0.25) is 0 Å². The highest BCUT2D eigenvalue weighted by atomic mass is 16.4. The molecule has 0 radical (unpaired) electrons. The molecule has 204 valence electrons. The summed E-state index contributed by atoms with van der Waals surface area (Å²) in [6.45, 7) is 15.0. The molecule has 0 aliphatic rings. The molecule has 2 aromatic rings. The van der Waals surface area contributed by atoms with Gasteiger partial charge < -0.3 is 25.6 Å². The van der Waals surface area contributed by atoms with Crippen LogP contribution < -0.4 is 16.0 Å². The predicted octanol–water partition coefficient (Wildman–Crippen LogP) is 3.75. The van der Waals surface area contributed by atoms with Crippen molar-refractivity contribution in [1.29, 1.82) is 0 Å². The van der Waals surface area contributed by atoms with Crippen LogP contribution in [0.15, 0.2) is 42.1 Å². The van der Waals surface area contributed by atoms with E-state index < -0.39 is 34.9 Å². The van der Waals surface area contributed by atoms with Crippen molar-refractivity contribution in [1.82, 2.24) is 20.5 Å². The van der Waals surface area contributed by atoms with Crippen LogP contribution in [-0.2, 0) is 26.8 Å². The zero-order chi connectivity index (χ0) is 28.3. The molecule has 0 spiro atoms. The Morgan fingerprint density at radius 2 is 1.54 bits per heavy atom. The van der Waals surface area contributed by atoms with Crippen LogP contribution in [-0.4, -0.2) is 52.6 Å². The van der Waals surface area contributed by atoms with Gasteiger partial charge in [0, 0.05) is 35.1 Å². The molecule has 4 N–H and O–H groups in total. The van der Waals surface area contributed by atoms with Crippen LogP contribution in [0.4, 0.5) is 0 Å². The van der Waals surface area contributed by atoms with Crippen molar-refractivity contribution in [3.05, 3.63) is 47.7 Å². The van der Waals surface area contributed by atoms with E-state index in [4.69, 9.17) is 0 Å². The lowest BCUT2D eigenvalue weighted by atomic mass is 9.76. The minimum atomic E-state index is -1.03. The van der Waals surface area contributed by atoms with E-state index in [1.54, 1.807) is 13.1 Å². The zero-order valence-corrected chi connectivity index (χ0v) is 23.9. The van der Waals surface area contributed by atoms with Crippen LogP contribution in [0.1, 0.15) is 61.0 Å². The second kappa shape index (κ2) is 11.5. The molecule has 1 aromatic carbocycles. The standard InChI is InChI=1S/C29H44N4O4/c1-17(2)21(15-18(3)27(36)37)31-25(34)23(28(4,5)6)32-26(35)24(30-9)29(7,8)20-16-33(10)22-14-12-11-13-19(20)22/h11-17,21,23-24,30H,1-10H3,(H,31,34)(H,32,35)(H,36,37)/b18-15+/t21-,23-,24-/m1/s1. The highest BCUT2D eigenvalue weighted by Crippen LogP contribution is 2.34. The molecule has 2 amide bonds. The highest BCUT2D eigenvalue weighted by Gasteiger charge is 2.41. The van der Waals surface area contributed by atoms with Crippen LogP contribution in [0.3, 0.4) is 0 Å². The summed E-state index contributed by atoms with van der Waals surface area (Å²) in [5, 5.41) is 19.5. The Bertz CT molecular complexity index is 1170. The summed E-state index contributed by atoms with van der Waals surface area (Å²) in [6, 6.07) is 6.14. The zero-order valence-electron chi connectivity index (χ0n) is 23.9. The first-order chi connectivity index (χ1) is 17.0. The van der Waals surface area contributed by atoms with Crippen LogP contribution in [0.25, 0.3) is 10.9 Å². The first kappa shape index (κ1) is 30.1. The summed E-state index contributed by atoms with van der Waals surface area (Å²) in [6.07, 6.45) is 3.60. The number of carbonyl (C=O) groups excluding carboxylic acids is 2. The molecule has 0 fully saturated rings. The lowest BCUT2D eigenvalue weighted by Crippen LogP contribution is -2.61. The normalized spacial score (nSPS) is 15.4. The third kappa shape index (κ3) is 6.80. The summed E-state index contributed by atoms with van der Waals surface area (Å²) < 4.78 is 2.06. The summed E-state index contributed by atoms with van der Waals surface area (Å²) in [4.78, 5) is 38.5. The number of nitrogens with one attached hydrogen (secondary N) is 3. The predicted molar refractivity (Wildman–Crippen MR) is 148 cm³/mol. The Hall–Kier alpha value is -3.13. The second-order valence-corrected chi connectivity index (χ2v) is 11.9. The fraction of sp³-hybridized carbons (Fsp3) is 0.552. The number of benzene rings is 1. The summed E-state index contributed by atoms with van der Waals surface area (Å²) in [7, 11) is 3.74. The van der Waals surface area contributed by atoms with Gasteiger partial charge in [-0.25, -0.2) is 4.79 Å². The van der Waals surface area contributed by atoms with Gasteiger partial charge in [-0.05, 0) is 36.9 Å². The SMILES string of the molecule is CN[C@H](C(=O)N[C@H](C(=O)N[C@H](/C=C(\C)C(=O)O)C(C)C)C(C)(C)C)C(C)(C)c1cn(C)c2ccccc12. The lowest BCUT2D eigenvalue weighted by molar-refractivity contribution is -0.133. The van der Waals surface area contributed by atoms with E-state index in [9.17, 15) is 19.5 Å². The van der Waals surface area contributed by atoms with E-state index >= 15 is 0 Å². The molecule has 0 unspecified atom stereocenters. The van der Waals surface area contributed by atoms with Gasteiger partial charge in [-0.1, -0.05) is 72.7 Å². The van der Waals surface area contributed by atoms with Gasteiger partial charge in [0.25, 0.3) is 0 Å². The largest absolute Gasteiger partial charge is 0.478 e. The topological polar surface area (TPSA) is 112 Å². The number of amides is 2. The van der Waals surface area contributed by atoms with Gasteiger partial charge in [0.15, 0.2) is 0 Å². The third-order valence-electron chi connectivity index (χ3n) is 7.07. The number of para-hydroxylation sites is 1. The van der Waals surface area contributed by atoms with Crippen molar-refractivity contribution in [3.63, 3.8) is 0 Å². The molecule has 3 atom stereocenters. The number of likely N-dealkylation sites (N-methyl/N-ethyl adjacent to an activating group) is 1. The minimum absolute atomic E-state index is 0.0371. The van der Waals surface area contributed by atoms with Gasteiger partial charge in [-0.2, -0.15) is 0 Å². The molecular formula is C29H44N4O4. The Balaban J connectivity index is 2.37. The number of hydrogen-bond acceptors (Lipinski definition) is 4. The summed E-state index contributed by atoms with van der Waals surface area (Å²) in [5.74, 6) is -1.71. The van der Waals surface area contributed by atoms with Gasteiger partial charge in [-0.15, -0.1) is 0 Å². The molecule has 0 aliphatic heterocycles. The smallest absolute Gasteiger partial charge is 0.331 e. The molecular weight excluding hydrogens is 468 g/mol. The fourth-order valence-corrected chi connectivity index (χ4v) is 4.72. The number of carboxylic acids is 1. The van der Waals surface area contributed by atoms with Gasteiger partial charge in [0.1, 0.15) is 6.04 Å². The molecule has 8 heteroatoms. The van der Waals surface area contributed by atoms with Crippen LogP contribution >= 0.6 is 0 Å². The molecule has 1 aromatic heterocycles. The number of aryl methyl sites for hydroxylation is 1. The van der Waals surface area contributed by atoms with E-state index in [1.165, 1.54) is 6.92 Å². The molecule has 0 saturated heterocycles. The van der Waals surface area contributed by atoms with Crippen molar-refractivity contribution >= 4 is 28.7 Å². The first-order valence-corrected chi connectivity index (χ1v) is 12.8. The second-order valence-electron chi connectivity index (χ2n) is 11.9. The monoisotopic (exact) mass is 512 g/mol. The Labute approximate surface area is 220 Å². The number of carboxylic acid groups (broad SMARTS) is 1. The van der Waals surface area contributed by atoms with Gasteiger partial charge >= 0.3 is 5.97 Å². The number of aliphatic carboxylic acids is 1. The molecule has 2 rings (SSSR count). The number of fused-ring (bicyclic) bond motifs is 1. The lowest BCUT2D eigenvalue weighted by Gasteiger charge is -2.37. The maximum Gasteiger partial charge on any atom is 0.331 e. The van der Waals surface area contributed by atoms with E-state index in [-0.39, 0.29) is 23.3 Å². The highest BCUT2D eigenvalue weighted by molar-refractivity contribution is 5.93. The summed E-state index contributed by atoms with van der Waals surface area (Å²) >= 11 is 0.